The molecule has 2 N–H and O–H groups in total. The molecule has 1 saturated heterocycles. The molecule has 4 rings (SSSR count). The number of aryl methyl sites for hydroxylation is 2. The summed E-state index contributed by atoms with van der Waals surface area (Å²) in [5, 5.41) is 4.46. The number of primary amides is 1. The number of piperidine rings is 1. The van der Waals surface area contributed by atoms with Crippen molar-refractivity contribution in [1.29, 1.82) is 0 Å². The number of benzene rings is 1. The highest BCUT2D eigenvalue weighted by atomic mass is 19.1. The van der Waals surface area contributed by atoms with Gasteiger partial charge >= 0.3 is 0 Å². The number of fused-ring (bicyclic) bond motifs is 1. The summed E-state index contributed by atoms with van der Waals surface area (Å²) in [5.41, 5.74) is 8.26. The minimum atomic E-state index is -0.588. The van der Waals surface area contributed by atoms with Crippen LogP contribution in [0, 0.1) is 12.7 Å². The zero-order chi connectivity index (χ0) is 21.4. The molecule has 2 amide bonds. The number of amides is 2. The Morgan fingerprint density at radius 3 is 2.67 bits per heavy atom. The van der Waals surface area contributed by atoms with Crippen LogP contribution in [0.2, 0.25) is 0 Å². The highest BCUT2D eigenvalue weighted by Crippen LogP contribution is 2.32. The lowest BCUT2D eigenvalue weighted by molar-refractivity contribution is 0.0708. The molecule has 3 aromatic rings. The molecule has 0 unspecified atom stereocenters. The molecule has 0 spiro atoms. The molecule has 0 bridgehead atoms. The van der Waals surface area contributed by atoms with Crippen LogP contribution in [0.1, 0.15) is 63.5 Å². The van der Waals surface area contributed by atoms with Crippen molar-refractivity contribution in [3.8, 4) is 0 Å². The van der Waals surface area contributed by atoms with Gasteiger partial charge in [0.05, 0.1) is 22.5 Å². The smallest absolute Gasteiger partial charge is 0.259 e. The number of nitrogens with two attached hydrogens (primary N) is 1. The molecule has 2 aromatic heterocycles. The Morgan fingerprint density at radius 1 is 1.27 bits per heavy atom. The van der Waals surface area contributed by atoms with Gasteiger partial charge in [0.15, 0.2) is 0 Å². The fourth-order valence-electron chi connectivity index (χ4n) is 4.12. The van der Waals surface area contributed by atoms with Crippen molar-refractivity contribution in [3.05, 3.63) is 58.4 Å². The molecule has 30 heavy (non-hydrogen) atoms. The van der Waals surface area contributed by atoms with Gasteiger partial charge in [-0.1, -0.05) is 12.1 Å². The van der Waals surface area contributed by atoms with Gasteiger partial charge in [-0.2, -0.15) is 0 Å². The van der Waals surface area contributed by atoms with Crippen molar-refractivity contribution in [2.45, 2.75) is 39.0 Å². The number of hydrogen-bond acceptors (Lipinski definition) is 5. The molecule has 0 radical (unpaired) electrons. The molecule has 1 aliphatic rings. The summed E-state index contributed by atoms with van der Waals surface area (Å²) in [5.74, 6) is -0.481. The average molecular weight is 410 g/mol. The van der Waals surface area contributed by atoms with Crippen molar-refractivity contribution in [3.63, 3.8) is 0 Å². The van der Waals surface area contributed by atoms with Crippen LogP contribution in [0.4, 0.5) is 4.39 Å². The van der Waals surface area contributed by atoms with Gasteiger partial charge in [0, 0.05) is 30.8 Å². The highest BCUT2D eigenvalue weighted by molar-refractivity contribution is 5.98. The summed E-state index contributed by atoms with van der Waals surface area (Å²) in [7, 11) is 0. The van der Waals surface area contributed by atoms with Crippen LogP contribution in [0.5, 0.6) is 0 Å². The maximum absolute atomic E-state index is 13.5. The monoisotopic (exact) mass is 410 g/mol. The topological polar surface area (TPSA) is 102 Å². The fourth-order valence-corrected chi connectivity index (χ4v) is 4.12. The minimum Gasteiger partial charge on any atom is -0.366 e. The molecule has 3 heterocycles. The second kappa shape index (κ2) is 7.85. The van der Waals surface area contributed by atoms with Crippen molar-refractivity contribution < 1.29 is 18.5 Å². The predicted octanol–water partition coefficient (Wildman–Crippen LogP) is 3.35. The van der Waals surface area contributed by atoms with Gasteiger partial charge in [0.25, 0.3) is 11.8 Å². The summed E-state index contributed by atoms with van der Waals surface area (Å²) < 4.78 is 18.8. The average Bonchev–Trinajstić information content (AvgIpc) is 3.12. The van der Waals surface area contributed by atoms with Gasteiger partial charge in [-0.25, -0.2) is 4.39 Å². The summed E-state index contributed by atoms with van der Waals surface area (Å²) >= 11 is 0. The zero-order valence-corrected chi connectivity index (χ0v) is 16.9. The van der Waals surface area contributed by atoms with Crippen molar-refractivity contribution in [2.24, 2.45) is 5.73 Å². The second-order valence-electron chi connectivity index (χ2n) is 7.61. The molecule has 1 fully saturated rings. The number of aromatic nitrogens is 2. The van der Waals surface area contributed by atoms with Crippen LogP contribution >= 0.6 is 0 Å². The first-order valence-electron chi connectivity index (χ1n) is 10.0. The van der Waals surface area contributed by atoms with Gasteiger partial charge in [0.2, 0.25) is 0 Å². The summed E-state index contributed by atoms with van der Waals surface area (Å²) in [6.45, 7) is 4.74. The third-order valence-electron chi connectivity index (χ3n) is 5.71. The molecular weight excluding hydrogens is 387 g/mol. The molecule has 156 valence electrons. The first-order valence-corrected chi connectivity index (χ1v) is 10.0. The SMILES string of the molecule is CCc1onc(C)c1C(=O)N1CCC(c2nc3ccc(F)cc3cc2C(N)=O)CC1. The lowest BCUT2D eigenvalue weighted by Gasteiger charge is -2.32. The summed E-state index contributed by atoms with van der Waals surface area (Å²) in [6.07, 6.45) is 1.90. The van der Waals surface area contributed by atoms with E-state index in [1.807, 2.05) is 6.92 Å². The third kappa shape index (κ3) is 3.53. The Hall–Kier alpha value is -3.29. The van der Waals surface area contributed by atoms with E-state index in [1.165, 1.54) is 12.1 Å². The number of pyridine rings is 1. The minimum absolute atomic E-state index is 0.0137. The van der Waals surface area contributed by atoms with E-state index in [4.69, 9.17) is 10.3 Å². The van der Waals surface area contributed by atoms with E-state index in [0.717, 1.165) is 0 Å². The lowest BCUT2D eigenvalue weighted by atomic mass is 9.89. The highest BCUT2D eigenvalue weighted by Gasteiger charge is 2.30. The van der Waals surface area contributed by atoms with Crippen molar-refractivity contribution in [2.75, 3.05) is 13.1 Å². The number of likely N-dealkylation sites (tertiary alicyclic amines) is 1. The van der Waals surface area contributed by atoms with Crippen LogP contribution in [0.25, 0.3) is 10.9 Å². The Bertz CT molecular complexity index is 1130. The van der Waals surface area contributed by atoms with Crippen LogP contribution < -0.4 is 5.73 Å². The van der Waals surface area contributed by atoms with Crippen LogP contribution in [-0.4, -0.2) is 39.9 Å². The lowest BCUT2D eigenvalue weighted by Crippen LogP contribution is -2.39. The van der Waals surface area contributed by atoms with Gasteiger partial charge in [0.1, 0.15) is 17.1 Å². The quantitative estimate of drug-likeness (QED) is 0.711. The van der Waals surface area contributed by atoms with E-state index in [1.54, 1.807) is 24.0 Å². The maximum Gasteiger partial charge on any atom is 0.259 e. The van der Waals surface area contributed by atoms with Gasteiger partial charge in [-0.05, 0) is 44.0 Å². The largest absolute Gasteiger partial charge is 0.366 e. The van der Waals surface area contributed by atoms with Crippen molar-refractivity contribution >= 4 is 22.7 Å². The van der Waals surface area contributed by atoms with E-state index in [-0.39, 0.29) is 11.8 Å². The van der Waals surface area contributed by atoms with E-state index in [9.17, 15) is 14.0 Å². The molecule has 0 aliphatic carbocycles. The second-order valence-corrected chi connectivity index (χ2v) is 7.61. The van der Waals surface area contributed by atoms with E-state index < -0.39 is 11.7 Å². The van der Waals surface area contributed by atoms with Crippen LogP contribution in [0.15, 0.2) is 28.8 Å². The normalized spacial score (nSPS) is 15.0. The maximum atomic E-state index is 13.5. The Morgan fingerprint density at radius 2 is 2.00 bits per heavy atom. The van der Waals surface area contributed by atoms with Crippen LogP contribution in [-0.2, 0) is 6.42 Å². The van der Waals surface area contributed by atoms with E-state index in [2.05, 4.69) is 10.1 Å². The molecular formula is C22H23FN4O3. The number of carbonyl (C=O) groups is 2. The summed E-state index contributed by atoms with van der Waals surface area (Å²) in [6, 6.07) is 5.89. The Balaban J connectivity index is 1.58. The standard InChI is InChI=1S/C22H23FN4O3/c1-3-18-19(12(2)26-30-18)22(29)27-8-6-13(7-9-27)20-16(21(24)28)11-14-10-15(23)4-5-17(14)25-20/h4-5,10-11,13H,3,6-9H2,1-2H3,(H2,24,28). The number of halogens is 1. The Kier molecular flexibility index (Phi) is 5.24. The van der Waals surface area contributed by atoms with Gasteiger partial charge < -0.3 is 15.2 Å². The first kappa shape index (κ1) is 20.0. The molecule has 0 atom stereocenters. The third-order valence-corrected chi connectivity index (χ3v) is 5.71. The zero-order valence-electron chi connectivity index (χ0n) is 16.9. The number of hydrogen-bond donors (Lipinski definition) is 1. The van der Waals surface area contributed by atoms with E-state index >= 15 is 0 Å². The first-order chi connectivity index (χ1) is 14.4. The fraction of sp³-hybridized carbons (Fsp3) is 0.364. The van der Waals surface area contributed by atoms with Crippen molar-refractivity contribution in [1.82, 2.24) is 15.0 Å². The number of nitrogens with zero attached hydrogens (tertiary/aromatic N) is 3. The summed E-state index contributed by atoms with van der Waals surface area (Å²) in [4.78, 5) is 31.4. The van der Waals surface area contributed by atoms with E-state index in [0.29, 0.717) is 71.5 Å². The van der Waals surface area contributed by atoms with Crippen LogP contribution in [0.3, 0.4) is 0 Å². The van der Waals surface area contributed by atoms with Gasteiger partial charge in [-0.15, -0.1) is 0 Å². The Labute approximate surface area is 173 Å². The van der Waals surface area contributed by atoms with Gasteiger partial charge in [-0.3, -0.25) is 14.6 Å². The number of carbonyl (C=O) groups excluding carboxylic acids is 2. The molecule has 8 heteroatoms. The number of rotatable bonds is 4. The molecule has 0 saturated carbocycles. The predicted molar refractivity (Wildman–Crippen MR) is 109 cm³/mol. The molecule has 1 aromatic carbocycles. The molecule has 1 aliphatic heterocycles. The molecule has 7 nitrogen and oxygen atoms in total.